The number of halogens is 1. The number of nitrogens with zero attached hydrogens (tertiary/aromatic N) is 2. The van der Waals surface area contributed by atoms with Gasteiger partial charge in [0, 0.05) is 11.4 Å². The summed E-state index contributed by atoms with van der Waals surface area (Å²) >= 11 is 4.62. The van der Waals surface area contributed by atoms with Crippen LogP contribution in [0.5, 0.6) is 0 Å². The molecule has 0 spiro atoms. The quantitative estimate of drug-likeness (QED) is 0.599. The van der Waals surface area contributed by atoms with E-state index < -0.39 is 16.2 Å². The van der Waals surface area contributed by atoms with Crippen molar-refractivity contribution >= 4 is 43.4 Å². The largest absolute Gasteiger partial charge is 0.376 e. The molecule has 1 aliphatic rings. The molecule has 1 fully saturated rings. The van der Waals surface area contributed by atoms with Gasteiger partial charge in [-0.1, -0.05) is 0 Å². The lowest BCUT2D eigenvalue weighted by atomic mass is 10.4. The second kappa shape index (κ2) is 5.82. The summed E-state index contributed by atoms with van der Waals surface area (Å²) < 4.78 is 32.2. The zero-order valence-corrected chi connectivity index (χ0v) is 13.2. The fourth-order valence-corrected chi connectivity index (χ4v) is 5.71. The molecule has 2 heterocycles. The summed E-state index contributed by atoms with van der Waals surface area (Å²) in [5.41, 5.74) is 0. The number of aliphatic imine (C=N–C) groups is 1. The lowest BCUT2D eigenvalue weighted by Crippen LogP contribution is -2.47. The van der Waals surface area contributed by atoms with Gasteiger partial charge in [-0.15, -0.1) is 11.3 Å². The monoisotopic (exact) mass is 366 g/mol. The third-order valence-electron chi connectivity index (χ3n) is 2.69. The minimum absolute atomic E-state index is 0.0683. The van der Waals surface area contributed by atoms with Crippen LogP contribution >= 0.6 is 27.3 Å². The Hall–Kier alpha value is -0.570. The van der Waals surface area contributed by atoms with Crippen molar-refractivity contribution in [2.75, 3.05) is 19.8 Å². The van der Waals surface area contributed by atoms with E-state index in [4.69, 9.17) is 4.74 Å². The molecule has 1 saturated heterocycles. The number of ether oxygens (including phenoxy) is 1. The molecular weight excluding hydrogens is 356 g/mol. The molecule has 0 radical (unpaired) electrons. The maximum atomic E-state index is 12.6. The molecule has 0 N–H and O–H groups in total. The second-order valence-corrected chi connectivity index (χ2v) is 8.36. The van der Waals surface area contributed by atoms with E-state index in [9.17, 15) is 13.2 Å². The summed E-state index contributed by atoms with van der Waals surface area (Å²) in [6.45, 7) is 2.26. The van der Waals surface area contributed by atoms with Crippen molar-refractivity contribution in [3.05, 3.63) is 14.7 Å². The van der Waals surface area contributed by atoms with Crippen LogP contribution in [0.25, 0.3) is 0 Å². The summed E-state index contributed by atoms with van der Waals surface area (Å²) in [4.78, 5) is 14.8. The van der Waals surface area contributed by atoms with Gasteiger partial charge in [0.2, 0.25) is 16.1 Å². The number of isocyanates is 1. The number of rotatable bonds is 3. The van der Waals surface area contributed by atoms with E-state index >= 15 is 0 Å². The highest BCUT2D eigenvalue weighted by atomic mass is 79.9. The first kappa shape index (κ1) is 14.8. The van der Waals surface area contributed by atoms with Crippen LogP contribution in [0.1, 0.15) is 4.88 Å². The zero-order chi connectivity index (χ0) is 14.0. The third kappa shape index (κ3) is 2.96. The Morgan fingerprint density at radius 3 is 2.95 bits per heavy atom. The van der Waals surface area contributed by atoms with Gasteiger partial charge in [-0.25, -0.2) is 13.2 Å². The Kier molecular flexibility index (Phi) is 4.54. The molecule has 1 unspecified atom stereocenters. The molecule has 1 aliphatic heterocycles. The maximum Gasteiger partial charge on any atom is 0.246 e. The third-order valence-corrected chi connectivity index (χ3v) is 6.39. The smallest absolute Gasteiger partial charge is 0.246 e. The number of thiophene rings is 1. The highest BCUT2D eigenvalue weighted by molar-refractivity contribution is 9.11. The summed E-state index contributed by atoms with van der Waals surface area (Å²) in [6.07, 6.45) is 0.554. The fourth-order valence-electron chi connectivity index (χ4n) is 1.83. The van der Waals surface area contributed by atoms with Crippen LogP contribution in [0.15, 0.2) is 19.7 Å². The zero-order valence-electron chi connectivity index (χ0n) is 10.00. The number of hydrogen-bond donors (Lipinski definition) is 0. The number of sulfonamides is 1. The number of aryl methyl sites for hydroxylation is 1. The predicted octanol–water partition coefficient (Wildman–Crippen LogP) is 1.50. The van der Waals surface area contributed by atoms with Crippen molar-refractivity contribution in [3.8, 4) is 0 Å². The molecule has 19 heavy (non-hydrogen) atoms. The molecule has 9 heteroatoms. The molecule has 0 aromatic carbocycles. The van der Waals surface area contributed by atoms with Crippen LogP contribution < -0.4 is 0 Å². The van der Waals surface area contributed by atoms with Gasteiger partial charge in [-0.3, -0.25) is 0 Å². The molecule has 1 aromatic heterocycles. The molecule has 2 rings (SSSR count). The lowest BCUT2D eigenvalue weighted by molar-refractivity contribution is 0.0359. The van der Waals surface area contributed by atoms with E-state index in [0.29, 0.717) is 4.88 Å². The van der Waals surface area contributed by atoms with E-state index in [1.807, 2.05) is 0 Å². The first-order valence-electron chi connectivity index (χ1n) is 5.39. The maximum absolute atomic E-state index is 12.6. The highest BCUT2D eigenvalue weighted by Gasteiger charge is 2.35. The van der Waals surface area contributed by atoms with Crippen molar-refractivity contribution < 1.29 is 17.9 Å². The van der Waals surface area contributed by atoms with Crippen LogP contribution in [-0.2, 0) is 19.6 Å². The fraction of sp³-hybridized carbons (Fsp3) is 0.500. The van der Waals surface area contributed by atoms with Gasteiger partial charge < -0.3 is 4.74 Å². The topological polar surface area (TPSA) is 76.0 Å². The van der Waals surface area contributed by atoms with Crippen molar-refractivity contribution in [2.45, 2.75) is 18.0 Å². The van der Waals surface area contributed by atoms with Gasteiger partial charge in [-0.05, 0) is 28.9 Å². The summed E-state index contributed by atoms with van der Waals surface area (Å²) in [7, 11) is -3.68. The van der Waals surface area contributed by atoms with E-state index in [0.717, 1.165) is 3.79 Å². The van der Waals surface area contributed by atoms with Crippen molar-refractivity contribution in [2.24, 2.45) is 4.99 Å². The molecule has 0 amide bonds. The first-order valence-corrected chi connectivity index (χ1v) is 8.44. The molecule has 0 aliphatic carbocycles. The Balaban J connectivity index is 2.42. The molecule has 1 atom stereocenters. The Morgan fingerprint density at radius 2 is 2.37 bits per heavy atom. The van der Waals surface area contributed by atoms with Crippen LogP contribution in [0, 0.1) is 6.92 Å². The minimum Gasteiger partial charge on any atom is -0.376 e. The van der Waals surface area contributed by atoms with Gasteiger partial charge in [0.05, 0.1) is 21.9 Å². The van der Waals surface area contributed by atoms with E-state index in [1.165, 1.54) is 21.7 Å². The highest BCUT2D eigenvalue weighted by Crippen LogP contribution is 2.32. The average molecular weight is 367 g/mol. The minimum atomic E-state index is -3.68. The van der Waals surface area contributed by atoms with Gasteiger partial charge >= 0.3 is 0 Å². The van der Waals surface area contributed by atoms with Crippen molar-refractivity contribution in [3.63, 3.8) is 0 Å². The average Bonchev–Trinajstić information content (AvgIpc) is 2.70. The first-order chi connectivity index (χ1) is 8.96. The van der Waals surface area contributed by atoms with Gasteiger partial charge in [0.15, 0.2) is 6.17 Å². The van der Waals surface area contributed by atoms with Crippen molar-refractivity contribution in [1.29, 1.82) is 0 Å². The Labute approximate surface area is 123 Å². The van der Waals surface area contributed by atoms with E-state index in [2.05, 4.69) is 20.9 Å². The summed E-state index contributed by atoms with van der Waals surface area (Å²) in [6, 6.07) is 1.56. The van der Waals surface area contributed by atoms with E-state index in [-0.39, 0.29) is 24.7 Å². The Morgan fingerprint density at radius 1 is 1.63 bits per heavy atom. The van der Waals surface area contributed by atoms with Crippen molar-refractivity contribution in [1.82, 2.24) is 4.31 Å². The lowest BCUT2D eigenvalue weighted by Gasteiger charge is -2.30. The summed E-state index contributed by atoms with van der Waals surface area (Å²) in [5.74, 6) is 0. The molecule has 104 valence electrons. The van der Waals surface area contributed by atoms with Crippen LogP contribution in [0.4, 0.5) is 0 Å². The van der Waals surface area contributed by atoms with Crippen LogP contribution in [-0.4, -0.2) is 44.7 Å². The molecule has 0 bridgehead atoms. The van der Waals surface area contributed by atoms with Crippen LogP contribution in [0.2, 0.25) is 0 Å². The molecular formula is C10H11BrN2O4S2. The van der Waals surface area contributed by atoms with Crippen LogP contribution in [0.3, 0.4) is 0 Å². The van der Waals surface area contributed by atoms with E-state index in [1.54, 1.807) is 13.0 Å². The SMILES string of the molecule is Cc1sc(Br)cc1S(=O)(=O)N1CCOCC1N=C=O. The predicted molar refractivity (Wildman–Crippen MR) is 73.4 cm³/mol. The Bertz CT molecular complexity index is 621. The van der Waals surface area contributed by atoms with Gasteiger partial charge in [0.1, 0.15) is 0 Å². The van der Waals surface area contributed by atoms with Gasteiger partial charge in [0.25, 0.3) is 0 Å². The standard InChI is InChI=1S/C10H11BrN2O4S2/c1-7-8(4-9(11)18-7)19(15,16)13-2-3-17-5-10(13)12-6-14/h4,10H,2-3,5H2,1H3. The number of carbonyl (C=O) groups excluding carboxylic acids is 1. The molecule has 0 saturated carbocycles. The normalized spacial score (nSPS) is 21.1. The second-order valence-electron chi connectivity index (χ2n) is 3.86. The number of hydrogen-bond acceptors (Lipinski definition) is 6. The van der Waals surface area contributed by atoms with Gasteiger partial charge in [-0.2, -0.15) is 9.30 Å². The number of morpholine rings is 1. The summed E-state index contributed by atoms with van der Waals surface area (Å²) in [5, 5.41) is 0. The molecule has 6 nitrogen and oxygen atoms in total. The molecule has 1 aromatic rings.